The van der Waals surface area contributed by atoms with Crippen LogP contribution in [0.3, 0.4) is 0 Å². The number of aromatic nitrogens is 2. The van der Waals surface area contributed by atoms with Gasteiger partial charge in [-0.1, -0.05) is 6.92 Å². The van der Waals surface area contributed by atoms with E-state index < -0.39 is 0 Å². The highest BCUT2D eigenvalue weighted by atomic mass is 32.1. The summed E-state index contributed by atoms with van der Waals surface area (Å²) in [5.74, 6) is 0.818. The van der Waals surface area contributed by atoms with Crippen LogP contribution in [0.15, 0.2) is 18.5 Å². The SMILES string of the molecule is COCCN(Cc1cnn(C)c1)C(=O)c1cc2c(s1)CC[C@@H](C)C2. The van der Waals surface area contributed by atoms with Crippen molar-refractivity contribution in [2.45, 2.75) is 32.7 Å². The molecule has 0 saturated carbocycles. The molecule has 6 heteroatoms. The van der Waals surface area contributed by atoms with Crippen molar-refractivity contribution in [2.75, 3.05) is 20.3 Å². The average Bonchev–Trinajstić information content (AvgIpc) is 3.16. The van der Waals surface area contributed by atoms with Crippen LogP contribution in [-0.2, 0) is 31.2 Å². The number of carbonyl (C=O) groups excluding carboxylic acids is 1. The van der Waals surface area contributed by atoms with Gasteiger partial charge in [-0.05, 0) is 36.8 Å². The summed E-state index contributed by atoms with van der Waals surface area (Å²) >= 11 is 1.67. The van der Waals surface area contributed by atoms with Gasteiger partial charge in [0.15, 0.2) is 0 Å². The summed E-state index contributed by atoms with van der Waals surface area (Å²) < 4.78 is 6.95. The van der Waals surface area contributed by atoms with Crippen LogP contribution in [0, 0.1) is 5.92 Å². The number of nitrogens with zero attached hydrogens (tertiary/aromatic N) is 3. The lowest BCUT2D eigenvalue weighted by atomic mass is 9.90. The van der Waals surface area contributed by atoms with Crippen molar-refractivity contribution in [3.63, 3.8) is 0 Å². The lowest BCUT2D eigenvalue weighted by Crippen LogP contribution is -2.32. The number of fused-ring (bicyclic) bond motifs is 1. The maximum absolute atomic E-state index is 13.0. The summed E-state index contributed by atoms with van der Waals surface area (Å²) in [6, 6.07) is 2.11. The van der Waals surface area contributed by atoms with Crippen LogP contribution in [0.2, 0.25) is 0 Å². The highest BCUT2D eigenvalue weighted by molar-refractivity contribution is 7.14. The Morgan fingerprint density at radius 3 is 3.08 bits per heavy atom. The van der Waals surface area contributed by atoms with Gasteiger partial charge in [0.05, 0.1) is 17.7 Å². The summed E-state index contributed by atoms with van der Waals surface area (Å²) in [4.78, 5) is 17.1. The summed E-state index contributed by atoms with van der Waals surface area (Å²) in [6.07, 6.45) is 7.20. The fraction of sp³-hybridized carbons (Fsp3) is 0.556. The van der Waals surface area contributed by atoms with Crippen molar-refractivity contribution < 1.29 is 9.53 Å². The molecular weight excluding hydrogens is 322 g/mol. The highest BCUT2D eigenvalue weighted by Gasteiger charge is 2.23. The Morgan fingerprint density at radius 2 is 2.38 bits per heavy atom. The zero-order valence-corrected chi connectivity index (χ0v) is 15.4. The molecule has 0 spiro atoms. The van der Waals surface area contributed by atoms with Crippen LogP contribution < -0.4 is 0 Å². The van der Waals surface area contributed by atoms with Gasteiger partial charge in [-0.2, -0.15) is 5.10 Å². The Bertz CT molecular complexity index is 707. The monoisotopic (exact) mass is 347 g/mol. The van der Waals surface area contributed by atoms with Gasteiger partial charge in [-0.25, -0.2) is 0 Å². The van der Waals surface area contributed by atoms with E-state index in [1.165, 1.54) is 16.9 Å². The Balaban J connectivity index is 1.77. The van der Waals surface area contributed by atoms with Gasteiger partial charge < -0.3 is 9.64 Å². The second-order valence-corrected chi connectivity index (χ2v) is 7.79. The zero-order chi connectivity index (χ0) is 17.1. The summed E-state index contributed by atoms with van der Waals surface area (Å²) in [5, 5.41) is 4.19. The summed E-state index contributed by atoms with van der Waals surface area (Å²) in [6.45, 7) is 3.97. The zero-order valence-electron chi connectivity index (χ0n) is 14.6. The molecule has 0 aliphatic heterocycles. The second kappa shape index (κ2) is 7.49. The summed E-state index contributed by atoms with van der Waals surface area (Å²) in [5.41, 5.74) is 2.41. The molecule has 1 atom stereocenters. The molecule has 0 fully saturated rings. The molecule has 2 aromatic heterocycles. The Hall–Kier alpha value is -1.66. The van der Waals surface area contributed by atoms with E-state index in [9.17, 15) is 4.79 Å². The molecule has 1 amide bonds. The van der Waals surface area contributed by atoms with Gasteiger partial charge >= 0.3 is 0 Å². The molecule has 0 N–H and O–H groups in total. The lowest BCUT2D eigenvalue weighted by molar-refractivity contribution is 0.0685. The first-order valence-corrected chi connectivity index (χ1v) is 9.25. The molecule has 1 aliphatic carbocycles. The number of hydrogen-bond acceptors (Lipinski definition) is 4. The minimum Gasteiger partial charge on any atom is -0.383 e. The van der Waals surface area contributed by atoms with Crippen molar-refractivity contribution in [1.29, 1.82) is 0 Å². The first-order valence-electron chi connectivity index (χ1n) is 8.44. The van der Waals surface area contributed by atoms with E-state index in [0.717, 1.165) is 29.2 Å². The topological polar surface area (TPSA) is 47.4 Å². The average molecular weight is 347 g/mol. The number of methoxy groups -OCH3 is 1. The van der Waals surface area contributed by atoms with E-state index in [1.807, 2.05) is 24.3 Å². The van der Waals surface area contributed by atoms with Crippen LogP contribution in [-0.4, -0.2) is 40.8 Å². The van der Waals surface area contributed by atoms with Crippen molar-refractivity contribution in [2.24, 2.45) is 13.0 Å². The molecule has 130 valence electrons. The molecule has 0 aromatic carbocycles. The van der Waals surface area contributed by atoms with Crippen LogP contribution in [0.4, 0.5) is 0 Å². The first-order chi connectivity index (χ1) is 11.6. The number of ether oxygens (including phenoxy) is 1. The van der Waals surface area contributed by atoms with E-state index in [1.54, 1.807) is 23.1 Å². The van der Waals surface area contributed by atoms with Gasteiger partial charge in [0, 0.05) is 43.9 Å². The number of rotatable bonds is 6. The summed E-state index contributed by atoms with van der Waals surface area (Å²) in [7, 11) is 3.55. The van der Waals surface area contributed by atoms with E-state index in [-0.39, 0.29) is 5.91 Å². The number of hydrogen-bond donors (Lipinski definition) is 0. The predicted octanol–water partition coefficient (Wildman–Crippen LogP) is 2.90. The molecule has 0 radical (unpaired) electrons. The molecule has 2 heterocycles. The number of amides is 1. The molecule has 3 rings (SSSR count). The van der Waals surface area contributed by atoms with Crippen molar-refractivity contribution in [3.05, 3.63) is 39.3 Å². The highest BCUT2D eigenvalue weighted by Crippen LogP contribution is 2.32. The Morgan fingerprint density at radius 1 is 1.54 bits per heavy atom. The van der Waals surface area contributed by atoms with Crippen LogP contribution in [0.5, 0.6) is 0 Å². The third-order valence-corrected chi connectivity index (χ3v) is 5.75. The van der Waals surface area contributed by atoms with E-state index in [2.05, 4.69) is 18.1 Å². The van der Waals surface area contributed by atoms with Crippen molar-refractivity contribution in [3.8, 4) is 0 Å². The van der Waals surface area contributed by atoms with Gasteiger partial charge in [0.2, 0.25) is 0 Å². The predicted molar refractivity (Wildman–Crippen MR) is 95.3 cm³/mol. The maximum Gasteiger partial charge on any atom is 0.264 e. The smallest absolute Gasteiger partial charge is 0.264 e. The molecule has 2 aromatic rings. The minimum absolute atomic E-state index is 0.1000. The minimum atomic E-state index is 0.1000. The van der Waals surface area contributed by atoms with Crippen LogP contribution >= 0.6 is 11.3 Å². The molecule has 0 unspecified atom stereocenters. The van der Waals surface area contributed by atoms with Gasteiger partial charge in [0.25, 0.3) is 5.91 Å². The quantitative estimate of drug-likeness (QED) is 0.807. The molecule has 1 aliphatic rings. The first kappa shape index (κ1) is 17.2. The normalized spacial score (nSPS) is 16.9. The van der Waals surface area contributed by atoms with Gasteiger partial charge in [0.1, 0.15) is 0 Å². The molecule has 0 saturated heterocycles. The number of carbonyl (C=O) groups is 1. The van der Waals surface area contributed by atoms with E-state index >= 15 is 0 Å². The third kappa shape index (κ3) is 3.87. The molecule has 5 nitrogen and oxygen atoms in total. The molecule has 0 bridgehead atoms. The molecular formula is C18H25N3O2S. The maximum atomic E-state index is 13.0. The number of thiophene rings is 1. The fourth-order valence-electron chi connectivity index (χ4n) is 3.19. The third-order valence-electron chi connectivity index (χ3n) is 4.52. The lowest BCUT2D eigenvalue weighted by Gasteiger charge is -2.21. The Labute approximate surface area is 147 Å². The van der Waals surface area contributed by atoms with E-state index in [0.29, 0.717) is 19.7 Å². The Kier molecular flexibility index (Phi) is 5.36. The largest absolute Gasteiger partial charge is 0.383 e. The van der Waals surface area contributed by atoms with Crippen molar-refractivity contribution in [1.82, 2.24) is 14.7 Å². The second-order valence-electron chi connectivity index (χ2n) is 6.65. The standard InChI is InChI=1S/C18H25N3O2S/c1-13-4-5-16-15(8-13)9-17(24-16)18(22)21(6-7-23-3)12-14-10-19-20(2)11-14/h9-11,13H,4-8,12H2,1-3H3/t13-/m1/s1. The molecule has 24 heavy (non-hydrogen) atoms. The fourth-order valence-corrected chi connectivity index (χ4v) is 4.37. The van der Waals surface area contributed by atoms with E-state index in [4.69, 9.17) is 4.74 Å². The van der Waals surface area contributed by atoms with Gasteiger partial charge in [-0.3, -0.25) is 9.48 Å². The number of aryl methyl sites for hydroxylation is 2. The van der Waals surface area contributed by atoms with Gasteiger partial charge in [-0.15, -0.1) is 11.3 Å². The van der Waals surface area contributed by atoms with Crippen LogP contribution in [0.25, 0.3) is 0 Å². The van der Waals surface area contributed by atoms with Crippen LogP contribution in [0.1, 0.15) is 39.0 Å². The van der Waals surface area contributed by atoms with Crippen molar-refractivity contribution >= 4 is 17.2 Å².